The van der Waals surface area contributed by atoms with Crippen LogP contribution in [0.1, 0.15) is 12.5 Å². The van der Waals surface area contributed by atoms with Gasteiger partial charge in [-0.25, -0.2) is 8.78 Å². The van der Waals surface area contributed by atoms with Gasteiger partial charge in [0.2, 0.25) is 0 Å². The van der Waals surface area contributed by atoms with E-state index in [2.05, 4.69) is 4.18 Å². The van der Waals surface area contributed by atoms with Crippen molar-refractivity contribution in [3.8, 4) is 5.75 Å². The van der Waals surface area contributed by atoms with Crippen LogP contribution in [0.2, 0.25) is 0 Å². The van der Waals surface area contributed by atoms with Crippen molar-refractivity contribution in [2.24, 2.45) is 0 Å². The van der Waals surface area contributed by atoms with Crippen LogP contribution in [0.5, 0.6) is 5.75 Å². The van der Waals surface area contributed by atoms with E-state index >= 15 is 0 Å². The van der Waals surface area contributed by atoms with Crippen LogP contribution in [0.3, 0.4) is 0 Å². The molecule has 3 nitrogen and oxygen atoms in total. The molecule has 0 saturated carbocycles. The highest BCUT2D eigenvalue weighted by Gasteiger charge is 2.48. The number of benzene rings is 1. The molecule has 0 bridgehead atoms. The molecule has 0 aliphatic heterocycles. The standard InChI is InChI=1S/C9H7F5O3S/c1-2-5-3-6(10)7(11)4-8(5)17-18(15,16)9(12,13)14/h3-4H,2H2,1H3. The van der Waals surface area contributed by atoms with Gasteiger partial charge in [0.25, 0.3) is 0 Å². The second-order valence-electron chi connectivity index (χ2n) is 3.21. The zero-order chi connectivity index (χ0) is 14.1. The number of hydrogen-bond acceptors (Lipinski definition) is 3. The van der Waals surface area contributed by atoms with E-state index in [1.807, 2.05) is 0 Å². The molecule has 0 N–H and O–H groups in total. The third-order valence-corrected chi connectivity index (χ3v) is 2.93. The lowest BCUT2D eigenvalue weighted by Crippen LogP contribution is -2.28. The minimum atomic E-state index is -5.90. The molecule has 1 aromatic rings. The number of hydrogen-bond donors (Lipinski definition) is 0. The molecule has 1 rings (SSSR count). The van der Waals surface area contributed by atoms with Gasteiger partial charge in [0.1, 0.15) is 5.75 Å². The molecule has 1 aromatic carbocycles. The van der Waals surface area contributed by atoms with Crippen molar-refractivity contribution in [1.29, 1.82) is 0 Å². The molecular weight excluding hydrogens is 283 g/mol. The molecule has 18 heavy (non-hydrogen) atoms. The van der Waals surface area contributed by atoms with Crippen LogP contribution in [-0.2, 0) is 16.5 Å². The summed E-state index contributed by atoms with van der Waals surface area (Å²) in [6, 6.07) is 0.841. The van der Waals surface area contributed by atoms with E-state index in [9.17, 15) is 30.4 Å². The van der Waals surface area contributed by atoms with Crippen molar-refractivity contribution < 1.29 is 34.6 Å². The van der Waals surface area contributed by atoms with E-state index in [4.69, 9.17) is 0 Å². The Hall–Kier alpha value is -1.38. The van der Waals surface area contributed by atoms with Crippen molar-refractivity contribution >= 4 is 10.1 Å². The van der Waals surface area contributed by atoms with Gasteiger partial charge < -0.3 is 4.18 Å². The van der Waals surface area contributed by atoms with Crippen molar-refractivity contribution in [1.82, 2.24) is 0 Å². The van der Waals surface area contributed by atoms with Crippen LogP contribution in [-0.4, -0.2) is 13.9 Å². The van der Waals surface area contributed by atoms with Gasteiger partial charge in [-0.2, -0.15) is 21.6 Å². The summed E-state index contributed by atoms with van der Waals surface area (Å²) in [5.74, 6) is -3.68. The minimum absolute atomic E-state index is 0.0279. The molecule has 0 saturated heterocycles. The maximum absolute atomic E-state index is 12.8. The Morgan fingerprint density at radius 3 is 2.11 bits per heavy atom. The quantitative estimate of drug-likeness (QED) is 0.488. The summed E-state index contributed by atoms with van der Waals surface area (Å²) in [5.41, 5.74) is -5.83. The van der Waals surface area contributed by atoms with E-state index < -0.39 is 33.0 Å². The van der Waals surface area contributed by atoms with Gasteiger partial charge in [0, 0.05) is 6.07 Å². The maximum Gasteiger partial charge on any atom is 0.534 e. The number of rotatable bonds is 3. The minimum Gasteiger partial charge on any atom is -0.376 e. The third kappa shape index (κ3) is 2.89. The van der Waals surface area contributed by atoms with Crippen molar-refractivity contribution in [3.63, 3.8) is 0 Å². The van der Waals surface area contributed by atoms with Crippen LogP contribution in [0, 0.1) is 11.6 Å². The highest BCUT2D eigenvalue weighted by atomic mass is 32.2. The molecule has 0 unspecified atom stereocenters. The molecule has 0 spiro atoms. The Balaban J connectivity index is 3.24. The zero-order valence-corrected chi connectivity index (χ0v) is 9.70. The number of halogens is 5. The predicted octanol–water partition coefficient (Wildman–Crippen LogP) is 2.76. The summed E-state index contributed by atoms with van der Waals surface area (Å²) in [6.45, 7) is 1.42. The van der Waals surface area contributed by atoms with E-state index in [0.29, 0.717) is 6.07 Å². The molecule has 0 fully saturated rings. The summed E-state index contributed by atoms with van der Waals surface area (Å²) < 4.78 is 87.0. The number of aryl methyl sites for hydroxylation is 1. The lowest BCUT2D eigenvalue weighted by molar-refractivity contribution is -0.0500. The Labute approximate surface area is 99.3 Å². The van der Waals surface area contributed by atoms with Crippen molar-refractivity contribution in [2.45, 2.75) is 18.9 Å². The summed E-state index contributed by atoms with van der Waals surface area (Å²) in [4.78, 5) is 0. The van der Waals surface area contributed by atoms with Crippen LogP contribution >= 0.6 is 0 Å². The molecule has 0 radical (unpaired) electrons. The second kappa shape index (κ2) is 4.71. The van der Waals surface area contributed by atoms with E-state index in [0.717, 1.165) is 0 Å². The molecule has 0 aliphatic carbocycles. The molecule has 0 heterocycles. The lowest BCUT2D eigenvalue weighted by Gasteiger charge is -2.12. The molecule has 9 heteroatoms. The first kappa shape index (κ1) is 14.7. The predicted molar refractivity (Wildman–Crippen MR) is 51.3 cm³/mol. The normalized spacial score (nSPS) is 12.6. The fourth-order valence-electron chi connectivity index (χ4n) is 1.09. The Kier molecular flexibility index (Phi) is 3.84. The highest BCUT2D eigenvalue weighted by Crippen LogP contribution is 2.30. The fraction of sp³-hybridized carbons (Fsp3) is 0.333. The van der Waals surface area contributed by atoms with E-state index in [1.54, 1.807) is 0 Å². The van der Waals surface area contributed by atoms with E-state index in [-0.39, 0.29) is 18.1 Å². The zero-order valence-electron chi connectivity index (χ0n) is 8.88. The fourth-order valence-corrected chi connectivity index (χ4v) is 1.58. The summed E-state index contributed by atoms with van der Waals surface area (Å²) >= 11 is 0. The van der Waals surface area contributed by atoms with Crippen LogP contribution in [0.4, 0.5) is 22.0 Å². The average Bonchev–Trinajstić information content (AvgIpc) is 2.21. The van der Waals surface area contributed by atoms with E-state index in [1.165, 1.54) is 6.92 Å². The van der Waals surface area contributed by atoms with Gasteiger partial charge in [-0.1, -0.05) is 6.92 Å². The highest BCUT2D eigenvalue weighted by molar-refractivity contribution is 7.88. The maximum atomic E-state index is 12.8. The molecule has 0 atom stereocenters. The molecule has 102 valence electrons. The average molecular weight is 290 g/mol. The van der Waals surface area contributed by atoms with Gasteiger partial charge in [-0.05, 0) is 18.1 Å². The SMILES string of the molecule is CCc1cc(F)c(F)cc1OS(=O)(=O)C(F)(F)F. The molecule has 0 aliphatic rings. The summed E-state index contributed by atoms with van der Waals surface area (Å²) in [6.07, 6.45) is -0.0279. The first-order valence-electron chi connectivity index (χ1n) is 4.57. The van der Waals surface area contributed by atoms with Crippen LogP contribution in [0.25, 0.3) is 0 Å². The number of alkyl halides is 3. The Morgan fingerprint density at radius 1 is 1.17 bits per heavy atom. The third-order valence-electron chi connectivity index (χ3n) is 1.97. The monoisotopic (exact) mass is 290 g/mol. The van der Waals surface area contributed by atoms with Crippen molar-refractivity contribution in [3.05, 3.63) is 29.3 Å². The van der Waals surface area contributed by atoms with Gasteiger partial charge in [0.15, 0.2) is 11.6 Å². The van der Waals surface area contributed by atoms with Gasteiger partial charge in [0.05, 0.1) is 0 Å². The topological polar surface area (TPSA) is 43.4 Å². The Morgan fingerprint density at radius 2 is 1.67 bits per heavy atom. The van der Waals surface area contributed by atoms with Gasteiger partial charge in [-0.3, -0.25) is 0 Å². The van der Waals surface area contributed by atoms with Crippen LogP contribution in [0.15, 0.2) is 12.1 Å². The van der Waals surface area contributed by atoms with Gasteiger partial charge in [-0.15, -0.1) is 0 Å². The lowest BCUT2D eigenvalue weighted by atomic mass is 10.1. The summed E-state index contributed by atoms with van der Waals surface area (Å²) in [5, 5.41) is 0. The molecular formula is C9H7F5O3S. The second-order valence-corrected chi connectivity index (χ2v) is 4.75. The molecule has 0 aromatic heterocycles. The van der Waals surface area contributed by atoms with Gasteiger partial charge >= 0.3 is 15.6 Å². The van der Waals surface area contributed by atoms with Crippen LogP contribution < -0.4 is 4.18 Å². The first-order chi connectivity index (χ1) is 8.08. The largest absolute Gasteiger partial charge is 0.534 e. The van der Waals surface area contributed by atoms with Crippen molar-refractivity contribution in [2.75, 3.05) is 0 Å². The summed E-state index contributed by atoms with van der Waals surface area (Å²) in [7, 11) is -5.90. The first-order valence-corrected chi connectivity index (χ1v) is 5.98. The Bertz CT molecular complexity index is 550. The smallest absolute Gasteiger partial charge is 0.376 e. The molecule has 0 amide bonds.